The van der Waals surface area contributed by atoms with Crippen molar-refractivity contribution in [1.82, 2.24) is 4.90 Å². The second-order valence-electron chi connectivity index (χ2n) is 6.10. The number of para-hydroxylation sites is 1. The fourth-order valence-corrected chi connectivity index (χ4v) is 3.55. The molecule has 1 N–H and O–H groups in total. The number of carbonyl (C=O) groups is 1. The van der Waals surface area contributed by atoms with Crippen LogP contribution in [0.2, 0.25) is 10.0 Å². The fourth-order valence-electron chi connectivity index (χ4n) is 3.05. The van der Waals surface area contributed by atoms with Gasteiger partial charge >= 0.3 is 0 Å². The number of halogens is 2. The Bertz CT molecular complexity index is 477. The van der Waals surface area contributed by atoms with Gasteiger partial charge in [-0.05, 0) is 30.4 Å². The largest absolute Gasteiger partial charge is 0.324 e. The van der Waals surface area contributed by atoms with Crippen molar-refractivity contribution in [2.24, 2.45) is 11.8 Å². The quantitative estimate of drug-likeness (QED) is 0.893. The zero-order chi connectivity index (χ0) is 15.4. The second-order valence-corrected chi connectivity index (χ2v) is 6.91. The molecule has 0 saturated carbocycles. The molecule has 1 heterocycles. The SMILES string of the molecule is CC1CC(C)CN(CCC(=O)Nc2c(Cl)cccc2Cl)C1. The van der Waals surface area contributed by atoms with E-state index in [1.807, 2.05) is 0 Å². The molecule has 1 aliphatic rings. The van der Waals surface area contributed by atoms with Gasteiger partial charge in [0, 0.05) is 26.1 Å². The highest BCUT2D eigenvalue weighted by molar-refractivity contribution is 6.39. The van der Waals surface area contributed by atoms with Gasteiger partial charge in [0.25, 0.3) is 0 Å². The summed E-state index contributed by atoms with van der Waals surface area (Å²) in [6.45, 7) is 7.47. The van der Waals surface area contributed by atoms with Crippen LogP contribution in [0.5, 0.6) is 0 Å². The number of carbonyl (C=O) groups excluding carboxylic acids is 1. The molecule has 0 aromatic heterocycles. The average Bonchev–Trinajstić information content (AvgIpc) is 2.40. The van der Waals surface area contributed by atoms with Crippen molar-refractivity contribution in [3.05, 3.63) is 28.2 Å². The molecule has 0 bridgehead atoms. The Morgan fingerprint density at radius 2 is 1.81 bits per heavy atom. The second kappa shape index (κ2) is 7.48. The first kappa shape index (κ1) is 16.6. The lowest BCUT2D eigenvalue weighted by Crippen LogP contribution is -2.40. The monoisotopic (exact) mass is 328 g/mol. The minimum Gasteiger partial charge on any atom is -0.324 e. The number of likely N-dealkylation sites (tertiary alicyclic amines) is 1. The van der Waals surface area contributed by atoms with Gasteiger partial charge in [-0.3, -0.25) is 4.79 Å². The molecule has 2 atom stereocenters. The van der Waals surface area contributed by atoms with Crippen molar-refractivity contribution < 1.29 is 4.79 Å². The summed E-state index contributed by atoms with van der Waals surface area (Å²) in [6, 6.07) is 5.20. The van der Waals surface area contributed by atoms with Crippen LogP contribution in [0.4, 0.5) is 5.69 Å². The molecule has 21 heavy (non-hydrogen) atoms. The fraction of sp³-hybridized carbons (Fsp3) is 0.562. The van der Waals surface area contributed by atoms with Gasteiger partial charge in [0.05, 0.1) is 15.7 Å². The van der Waals surface area contributed by atoms with Crippen molar-refractivity contribution >= 4 is 34.8 Å². The van der Waals surface area contributed by atoms with Gasteiger partial charge in [-0.15, -0.1) is 0 Å². The van der Waals surface area contributed by atoms with E-state index in [1.54, 1.807) is 18.2 Å². The lowest BCUT2D eigenvalue weighted by Gasteiger charge is -2.34. The van der Waals surface area contributed by atoms with E-state index >= 15 is 0 Å². The number of nitrogens with one attached hydrogen (secondary N) is 1. The highest BCUT2D eigenvalue weighted by Gasteiger charge is 2.22. The molecule has 1 aliphatic heterocycles. The third-order valence-electron chi connectivity index (χ3n) is 3.83. The maximum atomic E-state index is 12.1. The van der Waals surface area contributed by atoms with Gasteiger partial charge in [-0.25, -0.2) is 0 Å². The number of nitrogens with zero attached hydrogens (tertiary/aromatic N) is 1. The molecular weight excluding hydrogens is 307 g/mol. The molecule has 2 unspecified atom stereocenters. The molecular formula is C16H22Cl2N2O. The molecule has 0 spiro atoms. The van der Waals surface area contributed by atoms with E-state index in [9.17, 15) is 4.79 Å². The number of hydrogen-bond donors (Lipinski definition) is 1. The lowest BCUT2D eigenvalue weighted by atomic mass is 9.92. The summed E-state index contributed by atoms with van der Waals surface area (Å²) >= 11 is 12.1. The Hall–Kier alpha value is -0.770. The van der Waals surface area contributed by atoms with E-state index in [2.05, 4.69) is 24.1 Å². The summed E-state index contributed by atoms with van der Waals surface area (Å²) in [4.78, 5) is 14.4. The molecule has 0 radical (unpaired) electrons. The van der Waals surface area contributed by atoms with Gasteiger partial charge in [0.15, 0.2) is 0 Å². The predicted molar refractivity (Wildman–Crippen MR) is 89.1 cm³/mol. The van der Waals surface area contributed by atoms with Gasteiger partial charge in [0.1, 0.15) is 0 Å². The van der Waals surface area contributed by atoms with Gasteiger partial charge in [0.2, 0.25) is 5.91 Å². The summed E-state index contributed by atoms with van der Waals surface area (Å²) in [5, 5.41) is 3.75. The molecule has 5 heteroatoms. The molecule has 116 valence electrons. The number of piperidine rings is 1. The van der Waals surface area contributed by atoms with Gasteiger partial charge in [-0.2, -0.15) is 0 Å². The Balaban J connectivity index is 1.85. The first-order chi connectivity index (χ1) is 9.95. The zero-order valence-corrected chi connectivity index (χ0v) is 14.0. The Kier molecular flexibility index (Phi) is 5.91. The minimum absolute atomic E-state index is 0.0455. The van der Waals surface area contributed by atoms with Crippen LogP contribution in [0.15, 0.2) is 18.2 Å². The third kappa shape index (κ3) is 4.87. The molecule has 1 saturated heterocycles. The molecule has 1 amide bonds. The number of amides is 1. The summed E-state index contributed by atoms with van der Waals surface area (Å²) in [5.41, 5.74) is 0.506. The van der Waals surface area contributed by atoms with Crippen molar-refractivity contribution in [2.45, 2.75) is 26.7 Å². The summed E-state index contributed by atoms with van der Waals surface area (Å²) in [7, 11) is 0. The van der Waals surface area contributed by atoms with Crippen LogP contribution in [0.25, 0.3) is 0 Å². The van der Waals surface area contributed by atoms with Crippen LogP contribution in [0, 0.1) is 11.8 Å². The highest BCUT2D eigenvalue weighted by atomic mass is 35.5. The first-order valence-electron chi connectivity index (χ1n) is 7.42. The molecule has 1 aromatic carbocycles. The standard InChI is InChI=1S/C16H22Cl2N2O/c1-11-8-12(2)10-20(9-11)7-6-15(21)19-16-13(17)4-3-5-14(16)18/h3-5,11-12H,6-10H2,1-2H3,(H,19,21). The predicted octanol–water partition coefficient (Wildman–Crippen LogP) is 4.30. The summed E-state index contributed by atoms with van der Waals surface area (Å²) in [6.07, 6.45) is 1.74. The van der Waals surface area contributed by atoms with E-state index < -0.39 is 0 Å². The number of hydrogen-bond acceptors (Lipinski definition) is 2. The number of benzene rings is 1. The number of rotatable bonds is 4. The maximum absolute atomic E-state index is 12.1. The average molecular weight is 329 g/mol. The van der Waals surface area contributed by atoms with E-state index in [-0.39, 0.29) is 5.91 Å². The summed E-state index contributed by atoms with van der Waals surface area (Å²) < 4.78 is 0. The first-order valence-corrected chi connectivity index (χ1v) is 8.17. The van der Waals surface area contributed by atoms with Crippen molar-refractivity contribution in [1.29, 1.82) is 0 Å². The Labute approximate surface area is 136 Å². The Morgan fingerprint density at radius 3 is 2.38 bits per heavy atom. The van der Waals surface area contributed by atoms with Crippen LogP contribution >= 0.6 is 23.2 Å². The third-order valence-corrected chi connectivity index (χ3v) is 4.46. The topological polar surface area (TPSA) is 32.3 Å². The zero-order valence-electron chi connectivity index (χ0n) is 12.5. The van der Waals surface area contributed by atoms with Crippen molar-refractivity contribution in [2.75, 3.05) is 25.0 Å². The van der Waals surface area contributed by atoms with Gasteiger partial charge < -0.3 is 10.2 Å². The lowest BCUT2D eigenvalue weighted by molar-refractivity contribution is -0.116. The number of anilines is 1. The molecule has 0 aliphatic carbocycles. The van der Waals surface area contributed by atoms with Crippen molar-refractivity contribution in [3.63, 3.8) is 0 Å². The van der Waals surface area contributed by atoms with E-state index in [1.165, 1.54) is 6.42 Å². The minimum atomic E-state index is -0.0455. The van der Waals surface area contributed by atoms with Crippen LogP contribution in [-0.4, -0.2) is 30.4 Å². The smallest absolute Gasteiger partial charge is 0.225 e. The van der Waals surface area contributed by atoms with Crippen molar-refractivity contribution in [3.8, 4) is 0 Å². The summed E-state index contributed by atoms with van der Waals surface area (Å²) in [5.74, 6) is 1.36. The highest BCUT2D eigenvalue weighted by Crippen LogP contribution is 2.30. The van der Waals surface area contributed by atoms with E-state index in [0.717, 1.165) is 19.6 Å². The van der Waals surface area contributed by atoms with Crippen LogP contribution in [0.1, 0.15) is 26.7 Å². The Morgan fingerprint density at radius 1 is 1.24 bits per heavy atom. The molecule has 3 nitrogen and oxygen atoms in total. The molecule has 1 fully saturated rings. The maximum Gasteiger partial charge on any atom is 0.225 e. The van der Waals surface area contributed by atoms with E-state index in [0.29, 0.717) is 34.0 Å². The molecule has 2 rings (SSSR count). The van der Waals surface area contributed by atoms with Crippen LogP contribution in [0.3, 0.4) is 0 Å². The molecule has 1 aromatic rings. The normalized spacial score (nSPS) is 23.0. The van der Waals surface area contributed by atoms with E-state index in [4.69, 9.17) is 23.2 Å². The van der Waals surface area contributed by atoms with Crippen LogP contribution < -0.4 is 5.32 Å². The van der Waals surface area contributed by atoms with Crippen LogP contribution in [-0.2, 0) is 4.79 Å². The van der Waals surface area contributed by atoms with Gasteiger partial charge in [-0.1, -0.05) is 43.1 Å².